The third-order valence-corrected chi connectivity index (χ3v) is 7.47. The molecule has 3 aromatic rings. The molecule has 0 bridgehead atoms. The molecule has 4 heteroatoms. The summed E-state index contributed by atoms with van der Waals surface area (Å²) in [6.45, 7) is 7.30. The fraction of sp³-hybridized carbons (Fsp3) is 0.576. The Hall–Kier alpha value is -2.62. The topological polar surface area (TPSA) is 46.9 Å². The lowest BCUT2D eigenvalue weighted by Gasteiger charge is -2.16. The molecule has 1 unspecified atom stereocenters. The van der Waals surface area contributed by atoms with Crippen molar-refractivity contribution < 1.29 is 4.79 Å². The fourth-order valence-electron chi connectivity index (χ4n) is 5.17. The van der Waals surface area contributed by atoms with Crippen molar-refractivity contribution in [2.45, 2.75) is 123 Å². The van der Waals surface area contributed by atoms with Gasteiger partial charge in [-0.3, -0.25) is 4.79 Å². The summed E-state index contributed by atoms with van der Waals surface area (Å²) in [6.07, 6.45) is 19.1. The molecular formula is C33H49N3O. The van der Waals surface area contributed by atoms with Gasteiger partial charge in [0.15, 0.2) is 0 Å². The summed E-state index contributed by atoms with van der Waals surface area (Å²) in [5.74, 6) is 0.888. The van der Waals surface area contributed by atoms with Gasteiger partial charge in [-0.05, 0) is 44.5 Å². The lowest BCUT2D eigenvalue weighted by Crippen LogP contribution is -2.28. The maximum Gasteiger partial charge on any atom is 0.251 e. The van der Waals surface area contributed by atoms with E-state index in [4.69, 9.17) is 4.98 Å². The number of carbonyl (C=O) groups is 1. The molecule has 1 amide bonds. The maximum atomic E-state index is 12.8. The first kappa shape index (κ1) is 28.9. The Kier molecular flexibility index (Phi) is 12.7. The number of hydrogen-bond donors (Lipinski definition) is 1. The average Bonchev–Trinajstić information content (AvgIpc) is 3.28. The monoisotopic (exact) mass is 503 g/mol. The molecule has 1 N–H and O–H groups in total. The lowest BCUT2D eigenvalue weighted by atomic mass is 10.0. The van der Waals surface area contributed by atoms with Crippen molar-refractivity contribution in [3.05, 3.63) is 65.5 Å². The molecule has 0 saturated carbocycles. The van der Waals surface area contributed by atoms with E-state index in [1.165, 1.54) is 83.5 Å². The number of aryl methyl sites for hydroxylation is 2. The zero-order chi connectivity index (χ0) is 26.3. The first-order valence-corrected chi connectivity index (χ1v) is 14.9. The fourth-order valence-corrected chi connectivity index (χ4v) is 5.17. The standard InChI is InChI=1S/C33H49N3O/c1-4-5-6-7-8-9-10-11-12-13-14-15-16-19-26-36-31-21-18-17-20-30(31)35-32(36)28(3)34-33(37)29-24-22-27(2)23-25-29/h17-18,20-25,28H,4-16,19,26H2,1-3H3,(H,34,37). The summed E-state index contributed by atoms with van der Waals surface area (Å²) in [6, 6.07) is 15.9. The molecule has 0 radical (unpaired) electrons. The van der Waals surface area contributed by atoms with Gasteiger partial charge in [-0.25, -0.2) is 4.98 Å². The van der Waals surface area contributed by atoms with Crippen LogP contribution in [0.5, 0.6) is 0 Å². The first-order valence-electron chi connectivity index (χ1n) is 14.9. The highest BCUT2D eigenvalue weighted by Crippen LogP contribution is 2.22. The van der Waals surface area contributed by atoms with Gasteiger partial charge in [0.2, 0.25) is 0 Å². The number of imidazole rings is 1. The van der Waals surface area contributed by atoms with E-state index in [-0.39, 0.29) is 11.9 Å². The molecule has 1 atom stereocenters. The average molecular weight is 504 g/mol. The van der Waals surface area contributed by atoms with Crippen LogP contribution in [0, 0.1) is 6.92 Å². The molecule has 0 aliphatic heterocycles. The van der Waals surface area contributed by atoms with Gasteiger partial charge in [0, 0.05) is 12.1 Å². The number of carbonyl (C=O) groups excluding carboxylic acids is 1. The van der Waals surface area contributed by atoms with Crippen LogP contribution in [0.1, 0.15) is 132 Å². The molecule has 0 fully saturated rings. The van der Waals surface area contributed by atoms with Crippen LogP contribution < -0.4 is 5.32 Å². The minimum Gasteiger partial charge on any atom is -0.342 e. The van der Waals surface area contributed by atoms with E-state index in [1.54, 1.807) is 0 Å². The maximum absolute atomic E-state index is 12.8. The molecule has 1 heterocycles. The van der Waals surface area contributed by atoms with E-state index in [2.05, 4.69) is 35.0 Å². The van der Waals surface area contributed by atoms with Crippen LogP contribution >= 0.6 is 0 Å². The predicted octanol–water partition coefficient (Wildman–Crippen LogP) is 9.32. The summed E-state index contributed by atoms with van der Waals surface area (Å²) in [7, 11) is 0. The van der Waals surface area contributed by atoms with Crippen molar-refractivity contribution in [1.82, 2.24) is 14.9 Å². The van der Waals surface area contributed by atoms with Crippen LogP contribution in [0.2, 0.25) is 0 Å². The summed E-state index contributed by atoms with van der Waals surface area (Å²) in [5.41, 5.74) is 3.99. The van der Waals surface area contributed by atoms with E-state index < -0.39 is 0 Å². The lowest BCUT2D eigenvalue weighted by molar-refractivity contribution is 0.0937. The Morgan fingerprint density at radius 1 is 0.784 bits per heavy atom. The Morgan fingerprint density at radius 3 is 1.92 bits per heavy atom. The number of para-hydroxylation sites is 2. The third kappa shape index (κ3) is 9.64. The molecular weight excluding hydrogens is 454 g/mol. The van der Waals surface area contributed by atoms with Crippen molar-refractivity contribution in [3.8, 4) is 0 Å². The van der Waals surface area contributed by atoms with E-state index >= 15 is 0 Å². The molecule has 0 spiro atoms. The van der Waals surface area contributed by atoms with Crippen molar-refractivity contribution >= 4 is 16.9 Å². The number of aromatic nitrogens is 2. The molecule has 3 rings (SSSR count). The highest BCUT2D eigenvalue weighted by Gasteiger charge is 2.19. The highest BCUT2D eigenvalue weighted by molar-refractivity contribution is 5.94. The number of amides is 1. The van der Waals surface area contributed by atoms with E-state index in [0.717, 1.165) is 35.4 Å². The number of unbranched alkanes of at least 4 members (excludes halogenated alkanes) is 13. The number of nitrogens with one attached hydrogen (secondary N) is 1. The number of benzene rings is 2. The molecule has 202 valence electrons. The number of fused-ring (bicyclic) bond motifs is 1. The van der Waals surface area contributed by atoms with Gasteiger partial charge in [0.05, 0.1) is 17.1 Å². The molecule has 4 nitrogen and oxygen atoms in total. The van der Waals surface area contributed by atoms with Crippen molar-refractivity contribution in [3.63, 3.8) is 0 Å². The highest BCUT2D eigenvalue weighted by atomic mass is 16.1. The summed E-state index contributed by atoms with van der Waals surface area (Å²) >= 11 is 0. The normalized spacial score (nSPS) is 12.2. The Labute approximate surface area is 225 Å². The van der Waals surface area contributed by atoms with E-state index in [1.807, 2.05) is 44.2 Å². The number of nitrogens with zero attached hydrogens (tertiary/aromatic N) is 2. The Balaban J connectivity index is 1.40. The van der Waals surface area contributed by atoms with Gasteiger partial charge in [0.1, 0.15) is 5.82 Å². The molecule has 2 aromatic carbocycles. The summed E-state index contributed by atoms with van der Waals surface area (Å²) in [5, 5.41) is 3.16. The second-order valence-corrected chi connectivity index (χ2v) is 10.8. The van der Waals surface area contributed by atoms with Crippen molar-refractivity contribution in [2.24, 2.45) is 0 Å². The van der Waals surface area contributed by atoms with Gasteiger partial charge < -0.3 is 9.88 Å². The van der Waals surface area contributed by atoms with Crippen LogP contribution in [0.4, 0.5) is 0 Å². The minimum atomic E-state index is -0.159. The van der Waals surface area contributed by atoms with Crippen LogP contribution in [0.3, 0.4) is 0 Å². The molecule has 0 saturated heterocycles. The van der Waals surface area contributed by atoms with Crippen LogP contribution in [0.25, 0.3) is 11.0 Å². The predicted molar refractivity (Wildman–Crippen MR) is 157 cm³/mol. The zero-order valence-electron chi connectivity index (χ0n) is 23.6. The largest absolute Gasteiger partial charge is 0.342 e. The van der Waals surface area contributed by atoms with Gasteiger partial charge in [-0.15, -0.1) is 0 Å². The van der Waals surface area contributed by atoms with Gasteiger partial charge in [-0.2, -0.15) is 0 Å². The van der Waals surface area contributed by atoms with Crippen LogP contribution in [-0.4, -0.2) is 15.5 Å². The summed E-state index contributed by atoms with van der Waals surface area (Å²) < 4.78 is 2.32. The molecule has 0 aliphatic carbocycles. The van der Waals surface area contributed by atoms with Gasteiger partial charge in [-0.1, -0.05) is 120 Å². The van der Waals surface area contributed by atoms with Gasteiger partial charge >= 0.3 is 0 Å². The second-order valence-electron chi connectivity index (χ2n) is 10.8. The van der Waals surface area contributed by atoms with Crippen molar-refractivity contribution in [1.29, 1.82) is 0 Å². The van der Waals surface area contributed by atoms with E-state index in [0.29, 0.717) is 5.56 Å². The minimum absolute atomic E-state index is 0.0531. The molecule has 1 aromatic heterocycles. The quantitative estimate of drug-likeness (QED) is 0.176. The Morgan fingerprint density at radius 2 is 1.32 bits per heavy atom. The number of hydrogen-bond acceptors (Lipinski definition) is 2. The van der Waals surface area contributed by atoms with Gasteiger partial charge in [0.25, 0.3) is 5.91 Å². The molecule has 37 heavy (non-hydrogen) atoms. The SMILES string of the molecule is CCCCCCCCCCCCCCCCn1c(C(C)NC(=O)c2ccc(C)cc2)nc2ccccc21. The van der Waals surface area contributed by atoms with Crippen molar-refractivity contribution in [2.75, 3.05) is 0 Å². The van der Waals surface area contributed by atoms with Crippen LogP contribution in [-0.2, 0) is 6.54 Å². The smallest absolute Gasteiger partial charge is 0.251 e. The third-order valence-electron chi connectivity index (χ3n) is 7.47. The van der Waals surface area contributed by atoms with Crippen LogP contribution in [0.15, 0.2) is 48.5 Å². The Bertz CT molecular complexity index is 1050. The molecule has 0 aliphatic rings. The second kappa shape index (κ2) is 16.3. The summed E-state index contributed by atoms with van der Waals surface area (Å²) in [4.78, 5) is 17.7. The van der Waals surface area contributed by atoms with E-state index in [9.17, 15) is 4.79 Å². The zero-order valence-corrected chi connectivity index (χ0v) is 23.6. The first-order chi connectivity index (χ1) is 18.1. The number of rotatable bonds is 18.